The van der Waals surface area contributed by atoms with Crippen LogP contribution in [0.4, 0.5) is 5.69 Å². The van der Waals surface area contributed by atoms with Crippen molar-refractivity contribution < 1.29 is 19.2 Å². The van der Waals surface area contributed by atoms with Crippen LogP contribution in [0.3, 0.4) is 0 Å². The molecule has 0 aliphatic carbocycles. The zero-order chi connectivity index (χ0) is 24.4. The third-order valence-electron chi connectivity index (χ3n) is 4.89. The molecule has 10 heteroatoms. The van der Waals surface area contributed by atoms with Crippen molar-refractivity contribution in [2.45, 2.75) is 13.5 Å². The molecular formula is C24H15Br2ClN2O5. The Bertz CT molecular complexity index is 1350. The second-order valence-corrected chi connectivity index (χ2v) is 9.47. The van der Waals surface area contributed by atoms with Crippen molar-refractivity contribution in [3.8, 4) is 5.75 Å². The predicted molar refractivity (Wildman–Crippen MR) is 136 cm³/mol. The van der Waals surface area contributed by atoms with Crippen LogP contribution < -0.4 is 4.74 Å². The molecule has 4 rings (SSSR count). The first-order valence-electron chi connectivity index (χ1n) is 9.85. The van der Waals surface area contributed by atoms with E-state index in [1.807, 2.05) is 12.1 Å². The van der Waals surface area contributed by atoms with Crippen LogP contribution in [-0.4, -0.2) is 16.8 Å². The Kier molecular flexibility index (Phi) is 7.16. The Morgan fingerprint density at radius 3 is 2.44 bits per heavy atom. The number of cyclic esters (lactones) is 1. The van der Waals surface area contributed by atoms with Gasteiger partial charge >= 0.3 is 5.97 Å². The molecule has 0 saturated carbocycles. The van der Waals surface area contributed by atoms with E-state index in [0.717, 1.165) is 5.56 Å². The number of hydrogen-bond acceptors (Lipinski definition) is 6. The van der Waals surface area contributed by atoms with Gasteiger partial charge in [0.05, 0.1) is 13.9 Å². The van der Waals surface area contributed by atoms with E-state index in [1.165, 1.54) is 6.07 Å². The number of esters is 1. The van der Waals surface area contributed by atoms with Crippen molar-refractivity contribution in [2.75, 3.05) is 0 Å². The van der Waals surface area contributed by atoms with E-state index >= 15 is 0 Å². The second-order valence-electron chi connectivity index (χ2n) is 7.32. The maximum atomic E-state index is 12.4. The van der Waals surface area contributed by atoms with Gasteiger partial charge in [-0.2, -0.15) is 0 Å². The number of benzene rings is 3. The molecule has 0 unspecified atom stereocenters. The Morgan fingerprint density at radius 1 is 1.12 bits per heavy atom. The molecule has 34 heavy (non-hydrogen) atoms. The number of aliphatic imine (C=N–C) groups is 1. The molecule has 7 nitrogen and oxygen atoms in total. The zero-order valence-corrected chi connectivity index (χ0v) is 21.5. The van der Waals surface area contributed by atoms with Crippen LogP contribution >= 0.6 is 43.5 Å². The Labute approximate surface area is 216 Å². The van der Waals surface area contributed by atoms with Gasteiger partial charge in [-0.15, -0.1) is 0 Å². The average molecular weight is 607 g/mol. The normalized spacial score (nSPS) is 14.2. The van der Waals surface area contributed by atoms with Gasteiger partial charge in [0.1, 0.15) is 12.4 Å². The van der Waals surface area contributed by atoms with Gasteiger partial charge in [0.15, 0.2) is 5.70 Å². The monoisotopic (exact) mass is 604 g/mol. The van der Waals surface area contributed by atoms with Crippen LogP contribution in [0.15, 0.2) is 74.2 Å². The van der Waals surface area contributed by atoms with Crippen LogP contribution in [-0.2, 0) is 16.1 Å². The summed E-state index contributed by atoms with van der Waals surface area (Å²) in [5, 5.41) is 11.9. The molecule has 0 atom stereocenters. The molecule has 3 aromatic rings. The number of carbonyl (C=O) groups excluding carboxylic acids is 1. The number of nitro groups is 1. The highest BCUT2D eigenvalue weighted by Gasteiger charge is 2.26. The number of halogens is 3. The average Bonchev–Trinajstić information content (AvgIpc) is 3.14. The molecular weight excluding hydrogens is 592 g/mol. The summed E-state index contributed by atoms with van der Waals surface area (Å²) in [6.07, 6.45) is 1.57. The van der Waals surface area contributed by atoms with Crippen LogP contribution in [0.5, 0.6) is 5.75 Å². The number of rotatable bonds is 6. The fourth-order valence-electron chi connectivity index (χ4n) is 3.17. The zero-order valence-electron chi connectivity index (χ0n) is 17.6. The number of carbonyl (C=O) groups is 1. The van der Waals surface area contributed by atoms with E-state index in [-0.39, 0.29) is 17.3 Å². The fourth-order valence-corrected chi connectivity index (χ4v) is 4.74. The van der Waals surface area contributed by atoms with Gasteiger partial charge in [0.2, 0.25) is 5.90 Å². The van der Waals surface area contributed by atoms with Gasteiger partial charge in [-0.1, -0.05) is 29.8 Å². The molecule has 0 fully saturated rings. The van der Waals surface area contributed by atoms with E-state index < -0.39 is 10.9 Å². The van der Waals surface area contributed by atoms with Crippen molar-refractivity contribution in [3.63, 3.8) is 0 Å². The highest BCUT2D eigenvalue weighted by molar-refractivity contribution is 9.11. The number of aryl methyl sites for hydroxylation is 1. The van der Waals surface area contributed by atoms with Gasteiger partial charge in [-0.3, -0.25) is 10.1 Å². The van der Waals surface area contributed by atoms with Crippen LogP contribution in [0.25, 0.3) is 6.08 Å². The van der Waals surface area contributed by atoms with Crippen molar-refractivity contribution in [1.29, 1.82) is 0 Å². The van der Waals surface area contributed by atoms with Gasteiger partial charge in [0, 0.05) is 22.2 Å². The summed E-state index contributed by atoms with van der Waals surface area (Å²) < 4.78 is 12.5. The summed E-state index contributed by atoms with van der Waals surface area (Å²) in [4.78, 5) is 27.3. The summed E-state index contributed by atoms with van der Waals surface area (Å²) in [5.41, 5.74) is 2.48. The predicted octanol–water partition coefficient (Wildman–Crippen LogP) is 7.01. The minimum Gasteiger partial charge on any atom is -0.487 e. The first-order chi connectivity index (χ1) is 16.2. The first-order valence-corrected chi connectivity index (χ1v) is 11.8. The van der Waals surface area contributed by atoms with E-state index in [4.69, 9.17) is 21.1 Å². The minimum atomic E-state index is -0.645. The smallest absolute Gasteiger partial charge is 0.363 e. The SMILES string of the molecule is Cc1ccc(C2=N/C(=C\c3cc(Br)c(OCc4ccc(Cl)cc4)c(Br)c3)C(=O)O2)cc1[N+](=O)[O-]. The number of ether oxygens (including phenoxy) is 2. The van der Waals surface area contributed by atoms with Crippen LogP contribution in [0, 0.1) is 17.0 Å². The van der Waals surface area contributed by atoms with Gasteiger partial charge < -0.3 is 9.47 Å². The van der Waals surface area contributed by atoms with Gasteiger partial charge in [-0.25, -0.2) is 9.79 Å². The maximum Gasteiger partial charge on any atom is 0.363 e. The standard InChI is InChI=1S/C24H15Br2ClN2O5/c1-13-2-5-16(11-21(13)29(31)32)23-28-20(24(30)34-23)10-15-8-18(25)22(19(26)9-15)33-12-14-3-6-17(27)7-4-14/h2-11H,12H2,1H3/b20-10-. The summed E-state index contributed by atoms with van der Waals surface area (Å²) in [7, 11) is 0. The van der Waals surface area contributed by atoms with E-state index in [9.17, 15) is 14.9 Å². The highest BCUT2D eigenvalue weighted by atomic mass is 79.9. The van der Waals surface area contributed by atoms with Crippen LogP contribution in [0.2, 0.25) is 5.02 Å². The van der Waals surface area contributed by atoms with Gasteiger partial charge in [-0.05, 0) is 86.3 Å². The molecule has 0 radical (unpaired) electrons. The molecule has 1 aliphatic rings. The third kappa shape index (κ3) is 5.38. The third-order valence-corrected chi connectivity index (χ3v) is 6.32. The maximum absolute atomic E-state index is 12.4. The van der Waals surface area contributed by atoms with Crippen LogP contribution in [0.1, 0.15) is 22.3 Å². The molecule has 0 bridgehead atoms. The minimum absolute atomic E-state index is 0.0143. The number of nitrogens with zero attached hydrogens (tertiary/aromatic N) is 2. The largest absolute Gasteiger partial charge is 0.487 e. The molecule has 0 aromatic heterocycles. The number of hydrogen-bond donors (Lipinski definition) is 0. The summed E-state index contributed by atoms with van der Waals surface area (Å²) >= 11 is 12.9. The topological polar surface area (TPSA) is 91.0 Å². The molecule has 172 valence electrons. The quantitative estimate of drug-likeness (QED) is 0.130. The molecule has 0 saturated heterocycles. The molecule has 3 aromatic carbocycles. The lowest BCUT2D eigenvalue weighted by Crippen LogP contribution is -2.06. The molecule has 0 amide bonds. The van der Waals surface area contributed by atoms with Crippen molar-refractivity contribution in [1.82, 2.24) is 0 Å². The molecule has 0 N–H and O–H groups in total. The summed E-state index contributed by atoms with van der Waals surface area (Å²) in [5.74, 6) is -0.0313. The van der Waals surface area contributed by atoms with E-state index in [0.29, 0.717) is 43.0 Å². The summed E-state index contributed by atoms with van der Waals surface area (Å²) in [6.45, 7) is 1.98. The lowest BCUT2D eigenvalue weighted by Gasteiger charge is -2.11. The lowest BCUT2D eigenvalue weighted by atomic mass is 10.1. The van der Waals surface area contributed by atoms with E-state index in [2.05, 4.69) is 36.9 Å². The fraction of sp³-hybridized carbons (Fsp3) is 0.0833. The Hall–Kier alpha value is -3.01. The van der Waals surface area contributed by atoms with Crippen molar-refractivity contribution in [3.05, 3.63) is 107 Å². The lowest BCUT2D eigenvalue weighted by molar-refractivity contribution is -0.385. The van der Waals surface area contributed by atoms with E-state index in [1.54, 1.807) is 49.4 Å². The molecule has 1 aliphatic heterocycles. The van der Waals surface area contributed by atoms with Crippen molar-refractivity contribution in [2.24, 2.45) is 4.99 Å². The molecule has 0 spiro atoms. The summed E-state index contributed by atoms with van der Waals surface area (Å²) in [6, 6.07) is 15.5. The van der Waals surface area contributed by atoms with Crippen molar-refractivity contribution >= 4 is 67.1 Å². The Morgan fingerprint density at radius 2 is 1.79 bits per heavy atom. The van der Waals surface area contributed by atoms with Gasteiger partial charge in [0.25, 0.3) is 5.69 Å². The first kappa shape index (κ1) is 24.1. The highest BCUT2D eigenvalue weighted by Crippen LogP contribution is 2.36. The molecule has 1 heterocycles. The second kappa shape index (κ2) is 10.1. The number of nitro benzene ring substituents is 1. The Balaban J connectivity index is 1.57.